The van der Waals surface area contributed by atoms with Crippen LogP contribution in [0.4, 0.5) is 11.4 Å². The number of carbonyl (C=O) groups is 2. The number of methoxy groups -OCH3 is 1. The van der Waals surface area contributed by atoms with E-state index in [2.05, 4.69) is 10.3 Å². The summed E-state index contributed by atoms with van der Waals surface area (Å²) in [4.78, 5) is 34.0. The van der Waals surface area contributed by atoms with Gasteiger partial charge in [0, 0.05) is 11.9 Å². The molecule has 0 saturated carbocycles. The second kappa shape index (κ2) is 11.0. The Morgan fingerprint density at radius 1 is 1.06 bits per heavy atom. The summed E-state index contributed by atoms with van der Waals surface area (Å²) < 4.78 is 10.7. The lowest BCUT2D eigenvalue weighted by Crippen LogP contribution is -2.37. The largest absolute Gasteiger partial charge is 0.497 e. The molecule has 1 fully saturated rings. The molecule has 4 rings (SSSR count). The van der Waals surface area contributed by atoms with Crippen molar-refractivity contribution in [2.24, 2.45) is 0 Å². The van der Waals surface area contributed by atoms with Crippen molar-refractivity contribution in [3.63, 3.8) is 0 Å². The average molecular weight is 491 g/mol. The van der Waals surface area contributed by atoms with Crippen molar-refractivity contribution >= 4 is 40.5 Å². The molecule has 0 aliphatic carbocycles. The molecule has 0 unspecified atom stereocenters. The van der Waals surface area contributed by atoms with Gasteiger partial charge in [0.2, 0.25) is 5.91 Å². The van der Waals surface area contributed by atoms with Crippen molar-refractivity contribution in [3.8, 4) is 11.5 Å². The van der Waals surface area contributed by atoms with Crippen molar-refractivity contribution in [2.45, 2.75) is 25.9 Å². The predicted molar refractivity (Wildman–Crippen MR) is 138 cm³/mol. The monoisotopic (exact) mass is 490 g/mol. The first kappa shape index (κ1) is 24.2. The van der Waals surface area contributed by atoms with Gasteiger partial charge in [-0.25, -0.2) is 0 Å². The molecule has 0 bridgehead atoms. The van der Waals surface area contributed by atoms with E-state index in [4.69, 9.17) is 21.7 Å². The number of ether oxygens (including phenoxy) is 2. The number of hydrogen-bond acceptors (Lipinski definition) is 6. The first-order valence-corrected chi connectivity index (χ1v) is 11.6. The van der Waals surface area contributed by atoms with Gasteiger partial charge in [-0.2, -0.15) is 0 Å². The highest BCUT2D eigenvalue weighted by Gasteiger charge is 2.44. The molecule has 1 saturated heterocycles. The average Bonchev–Trinajstić information content (AvgIpc) is 3.10. The molecule has 1 aliphatic rings. The molecule has 3 aromatic rings. The molecule has 0 spiro atoms. The van der Waals surface area contributed by atoms with Crippen LogP contribution >= 0.6 is 12.2 Å². The van der Waals surface area contributed by atoms with E-state index in [9.17, 15) is 9.59 Å². The molecule has 1 atom stereocenters. The van der Waals surface area contributed by atoms with Gasteiger partial charge < -0.3 is 19.7 Å². The zero-order chi connectivity index (χ0) is 24.8. The minimum absolute atomic E-state index is 0.0638. The summed E-state index contributed by atoms with van der Waals surface area (Å²) in [6.45, 7) is 2.77. The SMILES string of the molecule is CCOc1ccc(NC(=O)C[C@H]2C(=O)N(c3ccc(OC)cc3)C(=S)N2Cc2ccccn2)cc1. The maximum atomic E-state index is 13.5. The maximum absolute atomic E-state index is 13.5. The number of thiocarbonyl (C=S) groups is 1. The Balaban J connectivity index is 1.55. The first-order valence-electron chi connectivity index (χ1n) is 11.2. The quantitative estimate of drug-likeness (QED) is 0.454. The highest BCUT2D eigenvalue weighted by Crippen LogP contribution is 2.30. The van der Waals surface area contributed by atoms with Crippen LogP contribution in [0.25, 0.3) is 0 Å². The molecule has 2 amide bonds. The van der Waals surface area contributed by atoms with Gasteiger partial charge in [0.15, 0.2) is 5.11 Å². The third-order valence-electron chi connectivity index (χ3n) is 5.54. The van der Waals surface area contributed by atoms with Gasteiger partial charge in [0.1, 0.15) is 17.5 Å². The number of hydrogen-bond donors (Lipinski definition) is 1. The van der Waals surface area contributed by atoms with Gasteiger partial charge in [-0.3, -0.25) is 19.5 Å². The van der Waals surface area contributed by atoms with Crippen LogP contribution in [-0.4, -0.2) is 46.6 Å². The van der Waals surface area contributed by atoms with Crippen LogP contribution < -0.4 is 19.7 Å². The maximum Gasteiger partial charge on any atom is 0.256 e. The summed E-state index contributed by atoms with van der Waals surface area (Å²) in [5.74, 6) is 0.831. The Morgan fingerprint density at radius 2 is 1.77 bits per heavy atom. The molecule has 35 heavy (non-hydrogen) atoms. The fourth-order valence-corrected chi connectivity index (χ4v) is 4.22. The molecule has 1 N–H and O–H groups in total. The summed E-state index contributed by atoms with van der Waals surface area (Å²) in [6, 6.07) is 18.9. The second-order valence-electron chi connectivity index (χ2n) is 7.83. The van der Waals surface area contributed by atoms with Crippen molar-refractivity contribution in [1.29, 1.82) is 0 Å². The number of pyridine rings is 1. The number of anilines is 2. The van der Waals surface area contributed by atoms with Crippen molar-refractivity contribution < 1.29 is 19.1 Å². The van der Waals surface area contributed by atoms with Gasteiger partial charge in [0.25, 0.3) is 5.91 Å². The first-order chi connectivity index (χ1) is 17.0. The third-order valence-corrected chi connectivity index (χ3v) is 5.95. The minimum atomic E-state index is -0.769. The lowest BCUT2D eigenvalue weighted by Gasteiger charge is -2.23. The van der Waals surface area contributed by atoms with Gasteiger partial charge in [-0.1, -0.05) is 6.07 Å². The Labute approximate surface area is 209 Å². The smallest absolute Gasteiger partial charge is 0.256 e. The van der Waals surface area contributed by atoms with Crippen molar-refractivity contribution in [1.82, 2.24) is 9.88 Å². The number of amides is 2. The molecule has 180 valence electrons. The highest BCUT2D eigenvalue weighted by molar-refractivity contribution is 7.80. The van der Waals surface area contributed by atoms with E-state index >= 15 is 0 Å². The highest BCUT2D eigenvalue weighted by atomic mass is 32.1. The van der Waals surface area contributed by atoms with E-state index < -0.39 is 6.04 Å². The van der Waals surface area contributed by atoms with E-state index in [1.807, 2.05) is 25.1 Å². The molecule has 2 heterocycles. The van der Waals surface area contributed by atoms with Crippen LogP contribution in [0.5, 0.6) is 11.5 Å². The van der Waals surface area contributed by atoms with Gasteiger partial charge in [-0.15, -0.1) is 0 Å². The molecular weight excluding hydrogens is 464 g/mol. The normalized spacial score (nSPS) is 15.3. The fourth-order valence-electron chi connectivity index (χ4n) is 3.84. The van der Waals surface area contributed by atoms with Crippen LogP contribution in [-0.2, 0) is 16.1 Å². The molecular formula is C26H26N4O4S. The number of aromatic nitrogens is 1. The van der Waals surface area contributed by atoms with Crippen molar-refractivity contribution in [3.05, 3.63) is 78.6 Å². The molecule has 1 aromatic heterocycles. The number of nitrogens with one attached hydrogen (secondary N) is 1. The molecule has 2 aromatic carbocycles. The molecule has 9 heteroatoms. The zero-order valence-electron chi connectivity index (χ0n) is 19.5. The van der Waals surface area contributed by atoms with E-state index in [1.54, 1.807) is 66.7 Å². The van der Waals surface area contributed by atoms with Crippen LogP contribution in [0.2, 0.25) is 0 Å². The lowest BCUT2D eigenvalue weighted by molar-refractivity contribution is -0.124. The molecule has 1 aliphatic heterocycles. The van der Waals surface area contributed by atoms with Gasteiger partial charge >= 0.3 is 0 Å². The summed E-state index contributed by atoms with van der Waals surface area (Å²) in [5.41, 5.74) is 1.98. The summed E-state index contributed by atoms with van der Waals surface area (Å²) in [6.07, 6.45) is 1.62. The summed E-state index contributed by atoms with van der Waals surface area (Å²) in [5, 5.41) is 3.18. The van der Waals surface area contributed by atoms with Gasteiger partial charge in [0.05, 0.1) is 38.1 Å². The number of rotatable bonds is 9. The van der Waals surface area contributed by atoms with E-state index in [-0.39, 0.29) is 18.2 Å². The number of benzene rings is 2. The summed E-state index contributed by atoms with van der Waals surface area (Å²) in [7, 11) is 1.58. The number of carbonyl (C=O) groups excluding carboxylic acids is 2. The lowest BCUT2D eigenvalue weighted by atomic mass is 10.1. The topological polar surface area (TPSA) is 84.0 Å². The summed E-state index contributed by atoms with van der Waals surface area (Å²) >= 11 is 5.71. The Morgan fingerprint density at radius 3 is 2.40 bits per heavy atom. The molecule has 0 radical (unpaired) electrons. The van der Waals surface area contributed by atoms with E-state index in [1.165, 1.54) is 4.90 Å². The van der Waals surface area contributed by atoms with E-state index in [0.717, 1.165) is 11.4 Å². The zero-order valence-corrected chi connectivity index (χ0v) is 20.3. The Bertz CT molecular complexity index is 1190. The van der Waals surface area contributed by atoms with Crippen LogP contribution in [0.3, 0.4) is 0 Å². The van der Waals surface area contributed by atoms with Gasteiger partial charge in [-0.05, 0) is 79.8 Å². The number of nitrogens with zero attached hydrogens (tertiary/aromatic N) is 3. The van der Waals surface area contributed by atoms with Crippen LogP contribution in [0.1, 0.15) is 19.0 Å². The van der Waals surface area contributed by atoms with E-state index in [0.29, 0.717) is 35.4 Å². The molecule has 8 nitrogen and oxygen atoms in total. The van der Waals surface area contributed by atoms with Crippen LogP contribution in [0, 0.1) is 0 Å². The fraction of sp³-hybridized carbons (Fsp3) is 0.231. The standard InChI is InChI=1S/C26H26N4O4S/c1-3-34-22-11-7-18(8-12-22)28-24(31)16-23-25(32)30(20-9-13-21(33-2)14-10-20)26(35)29(23)17-19-6-4-5-15-27-19/h4-15,23H,3,16-17H2,1-2H3,(H,28,31)/t23-/m0/s1. The van der Waals surface area contributed by atoms with Crippen LogP contribution in [0.15, 0.2) is 72.9 Å². The Hall–Kier alpha value is -3.98. The Kier molecular flexibility index (Phi) is 7.57. The second-order valence-corrected chi connectivity index (χ2v) is 8.19. The third kappa shape index (κ3) is 5.58. The predicted octanol–water partition coefficient (Wildman–Crippen LogP) is 4.02. The minimum Gasteiger partial charge on any atom is -0.497 e. The van der Waals surface area contributed by atoms with Crippen molar-refractivity contribution in [2.75, 3.05) is 23.9 Å².